The number of ether oxygens (including phenoxy) is 1. The van der Waals surface area contributed by atoms with Crippen molar-refractivity contribution in [2.24, 2.45) is 5.92 Å². The first-order valence-electron chi connectivity index (χ1n) is 12.7. The van der Waals surface area contributed by atoms with E-state index in [1.54, 1.807) is 7.11 Å². The number of rotatable bonds is 5. The smallest absolute Gasteiger partial charge is 0.170 e. The molecule has 3 fully saturated rings. The number of hydrogen-bond donors (Lipinski definition) is 0. The van der Waals surface area contributed by atoms with Crippen molar-refractivity contribution in [2.45, 2.75) is 50.6 Å². The number of halogens is 1. The molecule has 3 aliphatic rings. The van der Waals surface area contributed by atoms with Crippen LogP contribution in [0.15, 0.2) is 42.5 Å². The third-order valence-electron chi connectivity index (χ3n) is 7.91. The Morgan fingerprint density at radius 1 is 0.971 bits per heavy atom. The molecule has 0 spiro atoms. The van der Waals surface area contributed by atoms with Crippen LogP contribution >= 0.6 is 0 Å². The highest BCUT2D eigenvalue weighted by Gasteiger charge is 2.48. The molecule has 6 heteroatoms. The van der Waals surface area contributed by atoms with Crippen LogP contribution in [0, 0.1) is 5.92 Å². The number of benzene rings is 2. The van der Waals surface area contributed by atoms with E-state index < -0.39 is 5.67 Å². The van der Waals surface area contributed by atoms with E-state index in [0.29, 0.717) is 30.5 Å². The van der Waals surface area contributed by atoms with E-state index in [0.717, 1.165) is 61.5 Å². The number of methoxy groups -OCH3 is 1. The normalized spacial score (nSPS) is 22.4. The van der Waals surface area contributed by atoms with E-state index in [1.165, 1.54) is 17.7 Å². The second-order valence-electron chi connectivity index (χ2n) is 10.4. The van der Waals surface area contributed by atoms with E-state index in [1.807, 2.05) is 12.1 Å². The molecule has 1 saturated carbocycles. The lowest BCUT2D eigenvalue weighted by Crippen LogP contribution is -2.34. The topological polar surface area (TPSA) is 41.5 Å². The van der Waals surface area contributed by atoms with Crippen molar-refractivity contribution in [1.82, 2.24) is 9.97 Å². The van der Waals surface area contributed by atoms with Gasteiger partial charge in [0.15, 0.2) is 11.5 Å². The molecule has 178 valence electrons. The van der Waals surface area contributed by atoms with Crippen molar-refractivity contribution < 1.29 is 9.13 Å². The molecule has 3 heterocycles. The molecule has 34 heavy (non-hydrogen) atoms. The summed E-state index contributed by atoms with van der Waals surface area (Å²) >= 11 is 0. The van der Waals surface area contributed by atoms with Crippen LogP contribution in [-0.4, -0.2) is 43.3 Å². The summed E-state index contributed by atoms with van der Waals surface area (Å²) in [5, 5.41) is 1.04. The zero-order chi connectivity index (χ0) is 23.3. The lowest BCUT2D eigenvalue weighted by atomic mass is 9.88. The predicted molar refractivity (Wildman–Crippen MR) is 135 cm³/mol. The maximum Gasteiger partial charge on any atom is 0.170 e. The SMILES string of the molecule is COc1ccccc1C1CCN(c2nc(C3(F)CC3)nc3ccc(N4CC[C@H](C)C4)cc23)CC1. The predicted octanol–water partition coefficient (Wildman–Crippen LogP) is 5.83. The summed E-state index contributed by atoms with van der Waals surface area (Å²) in [6.07, 6.45) is 4.31. The maximum absolute atomic E-state index is 15.1. The van der Waals surface area contributed by atoms with Crippen LogP contribution in [0.1, 0.15) is 56.3 Å². The summed E-state index contributed by atoms with van der Waals surface area (Å²) in [4.78, 5) is 14.4. The Balaban J connectivity index is 1.33. The fourth-order valence-corrected chi connectivity index (χ4v) is 5.65. The van der Waals surface area contributed by atoms with E-state index in [4.69, 9.17) is 9.72 Å². The van der Waals surface area contributed by atoms with Gasteiger partial charge >= 0.3 is 0 Å². The molecule has 0 amide bonds. The third-order valence-corrected chi connectivity index (χ3v) is 7.91. The number of alkyl halides is 1. The minimum atomic E-state index is -1.35. The number of para-hydroxylation sites is 1. The zero-order valence-electron chi connectivity index (χ0n) is 20.1. The Hall–Kier alpha value is -2.89. The zero-order valence-corrected chi connectivity index (χ0v) is 20.1. The highest BCUT2D eigenvalue weighted by Crippen LogP contribution is 2.49. The lowest BCUT2D eigenvalue weighted by Gasteiger charge is -2.34. The van der Waals surface area contributed by atoms with Crippen molar-refractivity contribution in [1.29, 1.82) is 0 Å². The minimum absolute atomic E-state index is 0.365. The molecule has 2 saturated heterocycles. The van der Waals surface area contributed by atoms with E-state index in [9.17, 15) is 0 Å². The molecule has 0 radical (unpaired) electrons. The molecule has 2 aromatic carbocycles. The van der Waals surface area contributed by atoms with Gasteiger partial charge in [-0.15, -0.1) is 0 Å². The van der Waals surface area contributed by atoms with Gasteiger partial charge in [-0.3, -0.25) is 0 Å². The standard InChI is InChI=1S/C28H33FN4O/c1-19-9-14-33(18-19)21-7-8-24-23(17-21)26(31-27(30-24)28(29)12-13-28)32-15-10-20(11-16-32)22-5-3-4-6-25(22)34-2/h3-8,17,19-20H,9-16,18H2,1-2H3/t19-/m0/s1. The number of piperidine rings is 1. The van der Waals surface area contributed by atoms with Crippen LogP contribution in [-0.2, 0) is 5.67 Å². The van der Waals surface area contributed by atoms with Crippen LogP contribution in [0.4, 0.5) is 15.9 Å². The van der Waals surface area contributed by atoms with Gasteiger partial charge in [0.2, 0.25) is 0 Å². The fraction of sp³-hybridized carbons (Fsp3) is 0.500. The average Bonchev–Trinajstić information content (AvgIpc) is 3.49. The van der Waals surface area contributed by atoms with Crippen LogP contribution < -0.4 is 14.5 Å². The third kappa shape index (κ3) is 3.87. The highest BCUT2D eigenvalue weighted by molar-refractivity contribution is 5.92. The average molecular weight is 461 g/mol. The highest BCUT2D eigenvalue weighted by atomic mass is 19.1. The summed E-state index contributed by atoms with van der Waals surface area (Å²) in [6, 6.07) is 14.8. The van der Waals surface area contributed by atoms with Gasteiger partial charge in [-0.1, -0.05) is 25.1 Å². The summed E-state index contributed by atoms with van der Waals surface area (Å²) in [6.45, 7) is 6.25. The number of hydrogen-bond acceptors (Lipinski definition) is 5. The first kappa shape index (κ1) is 21.6. The summed E-state index contributed by atoms with van der Waals surface area (Å²) in [7, 11) is 1.74. The second-order valence-corrected chi connectivity index (χ2v) is 10.4. The van der Waals surface area contributed by atoms with Crippen molar-refractivity contribution in [3.05, 3.63) is 53.9 Å². The molecule has 0 bridgehead atoms. The molecule has 1 aliphatic carbocycles. The van der Waals surface area contributed by atoms with E-state index in [2.05, 4.69) is 52.0 Å². The Bertz CT molecular complexity index is 1200. The molecule has 3 aromatic rings. The number of fused-ring (bicyclic) bond motifs is 1. The molecular weight excluding hydrogens is 427 g/mol. The number of anilines is 2. The molecule has 1 aromatic heterocycles. The van der Waals surface area contributed by atoms with Gasteiger partial charge in [-0.2, -0.15) is 0 Å². The summed E-state index contributed by atoms with van der Waals surface area (Å²) in [5.74, 6) is 3.40. The van der Waals surface area contributed by atoms with Crippen LogP contribution in [0.25, 0.3) is 10.9 Å². The molecule has 2 aliphatic heterocycles. The molecule has 5 nitrogen and oxygen atoms in total. The van der Waals surface area contributed by atoms with Crippen LogP contribution in [0.3, 0.4) is 0 Å². The number of aromatic nitrogens is 2. The van der Waals surface area contributed by atoms with Gasteiger partial charge in [0.1, 0.15) is 11.6 Å². The maximum atomic E-state index is 15.1. The second kappa shape index (κ2) is 8.40. The summed E-state index contributed by atoms with van der Waals surface area (Å²) in [5.41, 5.74) is 2.01. The van der Waals surface area contributed by atoms with Gasteiger partial charge in [-0.05, 0) is 73.8 Å². The molecule has 1 atom stereocenters. The fourth-order valence-electron chi connectivity index (χ4n) is 5.65. The lowest BCUT2D eigenvalue weighted by molar-refractivity contribution is 0.301. The largest absolute Gasteiger partial charge is 0.496 e. The Morgan fingerprint density at radius 2 is 1.74 bits per heavy atom. The van der Waals surface area contributed by atoms with Crippen molar-refractivity contribution in [3.8, 4) is 5.75 Å². The van der Waals surface area contributed by atoms with Gasteiger partial charge in [0.25, 0.3) is 0 Å². The van der Waals surface area contributed by atoms with Crippen molar-refractivity contribution >= 4 is 22.4 Å². The number of nitrogens with zero attached hydrogens (tertiary/aromatic N) is 4. The van der Waals surface area contributed by atoms with E-state index in [-0.39, 0.29) is 0 Å². The minimum Gasteiger partial charge on any atom is -0.496 e. The van der Waals surface area contributed by atoms with Crippen LogP contribution in [0.2, 0.25) is 0 Å². The first-order valence-corrected chi connectivity index (χ1v) is 12.7. The Labute approximate surface area is 200 Å². The molecular formula is C28H33FN4O. The molecule has 0 N–H and O–H groups in total. The van der Waals surface area contributed by atoms with Crippen molar-refractivity contribution in [3.63, 3.8) is 0 Å². The monoisotopic (exact) mass is 460 g/mol. The van der Waals surface area contributed by atoms with E-state index >= 15 is 4.39 Å². The van der Waals surface area contributed by atoms with Gasteiger partial charge < -0.3 is 14.5 Å². The van der Waals surface area contributed by atoms with Crippen LogP contribution in [0.5, 0.6) is 5.75 Å². The van der Waals surface area contributed by atoms with Gasteiger partial charge in [0, 0.05) is 37.3 Å². The van der Waals surface area contributed by atoms with Gasteiger partial charge in [-0.25, -0.2) is 14.4 Å². The first-order chi connectivity index (χ1) is 16.5. The Kier molecular flexibility index (Phi) is 5.34. The quantitative estimate of drug-likeness (QED) is 0.479. The Morgan fingerprint density at radius 3 is 2.44 bits per heavy atom. The summed E-state index contributed by atoms with van der Waals surface area (Å²) < 4.78 is 20.7. The van der Waals surface area contributed by atoms with Crippen molar-refractivity contribution in [2.75, 3.05) is 43.1 Å². The molecule has 6 rings (SSSR count). The molecule has 0 unspecified atom stereocenters. The van der Waals surface area contributed by atoms with Gasteiger partial charge in [0.05, 0.1) is 12.6 Å².